The lowest BCUT2D eigenvalue weighted by molar-refractivity contribution is 0.242. The number of nitrogens with zero attached hydrogens (tertiary/aromatic N) is 7. The van der Waals surface area contributed by atoms with Crippen LogP contribution in [-0.2, 0) is 39.3 Å². The van der Waals surface area contributed by atoms with Crippen LogP contribution in [0.4, 0.5) is 0 Å². The maximum absolute atomic E-state index is 5.40. The summed E-state index contributed by atoms with van der Waals surface area (Å²) >= 11 is 0. The van der Waals surface area contributed by atoms with Crippen molar-refractivity contribution in [3.8, 4) is 0 Å². The SMILES string of the molecule is c1ccc(CN(Cc2ccccn2)Cc2cccc3cc4cccc(CN(Cc5ccccn5)Cc5ccccn5)c4nc23)nc1. The molecule has 0 saturated heterocycles. The van der Waals surface area contributed by atoms with Crippen LogP contribution in [0.1, 0.15) is 33.9 Å². The molecule has 0 aliphatic carbocycles. The number of fused-ring (bicyclic) bond motifs is 2. The summed E-state index contributed by atoms with van der Waals surface area (Å²) in [4.78, 5) is 28.6. The minimum Gasteiger partial charge on any atom is -0.287 e. The van der Waals surface area contributed by atoms with E-state index in [2.05, 4.69) is 96.5 Å². The van der Waals surface area contributed by atoms with Crippen molar-refractivity contribution in [3.63, 3.8) is 0 Å². The molecule has 2 aromatic carbocycles. The third kappa shape index (κ3) is 7.29. The van der Waals surface area contributed by atoms with Crippen LogP contribution in [-0.4, -0.2) is 34.7 Å². The van der Waals surface area contributed by atoms with Gasteiger partial charge >= 0.3 is 0 Å². The Morgan fingerprint density at radius 2 is 0.739 bits per heavy atom. The minimum absolute atomic E-state index is 0.711. The van der Waals surface area contributed by atoms with Crippen molar-refractivity contribution in [2.45, 2.75) is 39.3 Å². The van der Waals surface area contributed by atoms with Gasteiger partial charge in [-0.2, -0.15) is 0 Å². The summed E-state index contributed by atoms with van der Waals surface area (Å²) < 4.78 is 0. The molecule has 0 spiro atoms. The Morgan fingerprint density at radius 3 is 1.07 bits per heavy atom. The lowest BCUT2D eigenvalue weighted by atomic mass is 10.0. The number of pyridine rings is 5. The normalized spacial score (nSPS) is 11.5. The molecule has 0 atom stereocenters. The zero-order valence-electron chi connectivity index (χ0n) is 25.7. The van der Waals surface area contributed by atoms with Crippen molar-refractivity contribution in [1.29, 1.82) is 0 Å². The molecule has 0 aliphatic heterocycles. The van der Waals surface area contributed by atoms with Gasteiger partial charge in [-0.3, -0.25) is 29.7 Å². The van der Waals surface area contributed by atoms with Gasteiger partial charge in [0.25, 0.3) is 0 Å². The maximum atomic E-state index is 5.40. The molecule has 0 fully saturated rings. The Bertz CT molecular complexity index is 1780. The van der Waals surface area contributed by atoms with Crippen LogP contribution in [0.5, 0.6) is 0 Å². The molecule has 46 heavy (non-hydrogen) atoms. The standard InChI is InChI=1S/C39H35N7/c1-5-19-40-34(15-1)26-45(27-35-16-2-6-20-41-35)24-32-13-9-11-30-23-31-12-10-14-33(39(31)44-38(30)32)25-46(28-36-17-3-7-21-42-36)29-37-18-4-8-22-43-37/h1-23H,24-29H2. The molecule has 0 bridgehead atoms. The van der Waals surface area contributed by atoms with Crippen LogP contribution in [0.2, 0.25) is 0 Å². The topological polar surface area (TPSA) is 70.9 Å². The van der Waals surface area contributed by atoms with E-state index in [1.165, 1.54) is 11.1 Å². The summed E-state index contributed by atoms with van der Waals surface area (Å²) in [5.74, 6) is 0. The average Bonchev–Trinajstić information content (AvgIpc) is 3.10. The van der Waals surface area contributed by atoms with Crippen molar-refractivity contribution in [2.24, 2.45) is 0 Å². The highest BCUT2D eigenvalue weighted by Gasteiger charge is 2.16. The first-order valence-electron chi connectivity index (χ1n) is 15.6. The van der Waals surface area contributed by atoms with Gasteiger partial charge in [-0.1, -0.05) is 60.7 Å². The molecule has 0 unspecified atom stereocenters. The van der Waals surface area contributed by atoms with Crippen molar-refractivity contribution >= 4 is 21.8 Å². The monoisotopic (exact) mass is 601 g/mol. The van der Waals surface area contributed by atoms with Gasteiger partial charge in [-0.05, 0) is 65.7 Å². The lowest BCUT2D eigenvalue weighted by Gasteiger charge is -2.23. The molecule has 5 aromatic heterocycles. The fraction of sp³-hybridized carbons (Fsp3) is 0.154. The molecule has 7 aromatic rings. The minimum atomic E-state index is 0.711. The summed E-state index contributed by atoms with van der Waals surface area (Å²) in [6, 6.07) is 39.6. The molecule has 0 amide bonds. The second-order valence-corrected chi connectivity index (χ2v) is 11.5. The zero-order chi connectivity index (χ0) is 31.0. The Morgan fingerprint density at radius 1 is 0.370 bits per heavy atom. The van der Waals surface area contributed by atoms with Gasteiger partial charge in [0.1, 0.15) is 0 Å². The Hall–Kier alpha value is -5.37. The van der Waals surface area contributed by atoms with Crippen LogP contribution in [0.15, 0.2) is 140 Å². The molecule has 0 N–H and O–H groups in total. The summed E-state index contributed by atoms with van der Waals surface area (Å²) in [5, 5.41) is 2.27. The summed E-state index contributed by atoms with van der Waals surface area (Å²) in [7, 11) is 0. The summed E-state index contributed by atoms with van der Waals surface area (Å²) in [6.45, 7) is 4.28. The Balaban J connectivity index is 1.23. The average molecular weight is 602 g/mol. The predicted octanol–water partition coefficient (Wildman–Crippen LogP) is 7.37. The van der Waals surface area contributed by atoms with E-state index in [9.17, 15) is 0 Å². The van der Waals surface area contributed by atoms with Crippen molar-refractivity contribution in [3.05, 3.63) is 174 Å². The third-order valence-electron chi connectivity index (χ3n) is 8.07. The van der Waals surface area contributed by atoms with E-state index in [1.54, 1.807) is 0 Å². The van der Waals surface area contributed by atoms with Gasteiger partial charge in [0, 0.05) is 74.8 Å². The summed E-state index contributed by atoms with van der Waals surface area (Å²) in [5.41, 5.74) is 8.52. The number of rotatable bonds is 12. The molecule has 7 rings (SSSR count). The first kappa shape index (κ1) is 29.3. The molecule has 5 heterocycles. The van der Waals surface area contributed by atoms with Crippen LogP contribution < -0.4 is 0 Å². The van der Waals surface area contributed by atoms with E-state index < -0.39 is 0 Å². The third-order valence-corrected chi connectivity index (χ3v) is 8.07. The number of hydrogen-bond acceptors (Lipinski definition) is 7. The number of hydrogen-bond donors (Lipinski definition) is 0. The van der Waals surface area contributed by atoms with Gasteiger partial charge in [-0.25, -0.2) is 4.98 Å². The molecule has 7 nitrogen and oxygen atoms in total. The second-order valence-electron chi connectivity index (χ2n) is 11.5. The van der Waals surface area contributed by atoms with Crippen LogP contribution in [0.25, 0.3) is 21.8 Å². The molecular weight excluding hydrogens is 566 g/mol. The highest BCUT2D eigenvalue weighted by atomic mass is 15.1. The fourth-order valence-corrected chi connectivity index (χ4v) is 5.96. The predicted molar refractivity (Wildman–Crippen MR) is 182 cm³/mol. The first-order chi connectivity index (χ1) is 22.8. The van der Waals surface area contributed by atoms with Gasteiger partial charge in [0.15, 0.2) is 0 Å². The number of benzene rings is 2. The highest BCUT2D eigenvalue weighted by Crippen LogP contribution is 2.27. The summed E-state index contributed by atoms with van der Waals surface area (Å²) in [6.07, 6.45) is 7.41. The molecule has 0 radical (unpaired) electrons. The van der Waals surface area contributed by atoms with Crippen molar-refractivity contribution < 1.29 is 0 Å². The van der Waals surface area contributed by atoms with Gasteiger partial charge in [0.05, 0.1) is 33.8 Å². The maximum Gasteiger partial charge on any atom is 0.0754 e. The van der Waals surface area contributed by atoms with Gasteiger partial charge < -0.3 is 0 Å². The van der Waals surface area contributed by atoms with E-state index in [0.29, 0.717) is 26.2 Å². The Kier molecular flexibility index (Phi) is 9.03. The van der Waals surface area contributed by atoms with E-state index in [-0.39, 0.29) is 0 Å². The zero-order valence-corrected chi connectivity index (χ0v) is 25.7. The fourth-order valence-electron chi connectivity index (χ4n) is 5.96. The molecule has 7 heteroatoms. The van der Waals surface area contributed by atoms with Gasteiger partial charge in [0.2, 0.25) is 0 Å². The smallest absolute Gasteiger partial charge is 0.0754 e. The second kappa shape index (κ2) is 14.2. The lowest BCUT2D eigenvalue weighted by Crippen LogP contribution is -2.24. The van der Waals surface area contributed by atoms with E-state index in [4.69, 9.17) is 4.98 Å². The van der Waals surface area contributed by atoms with E-state index in [0.717, 1.165) is 57.7 Å². The largest absolute Gasteiger partial charge is 0.287 e. The molecule has 0 aliphatic rings. The molecular formula is C39H35N7. The van der Waals surface area contributed by atoms with Crippen molar-refractivity contribution in [1.82, 2.24) is 34.7 Å². The number of para-hydroxylation sites is 2. The van der Waals surface area contributed by atoms with Crippen LogP contribution in [0, 0.1) is 0 Å². The van der Waals surface area contributed by atoms with E-state index >= 15 is 0 Å². The van der Waals surface area contributed by atoms with Crippen molar-refractivity contribution in [2.75, 3.05) is 0 Å². The Labute approximate surface area is 269 Å². The first-order valence-corrected chi connectivity index (χ1v) is 15.6. The van der Waals surface area contributed by atoms with Crippen LogP contribution >= 0.6 is 0 Å². The molecule has 0 saturated carbocycles. The quantitative estimate of drug-likeness (QED) is 0.135. The number of aromatic nitrogens is 5. The van der Waals surface area contributed by atoms with E-state index in [1.807, 2.05) is 73.3 Å². The van der Waals surface area contributed by atoms with Gasteiger partial charge in [-0.15, -0.1) is 0 Å². The van der Waals surface area contributed by atoms with Crippen LogP contribution in [0.3, 0.4) is 0 Å². The highest BCUT2D eigenvalue weighted by molar-refractivity contribution is 5.95. The molecule has 226 valence electrons.